The molecule has 0 rings (SSSR count). The summed E-state index contributed by atoms with van der Waals surface area (Å²) >= 11 is 0. The molecule has 0 aliphatic carbocycles. The molecule has 0 saturated carbocycles. The van der Waals surface area contributed by atoms with Crippen molar-refractivity contribution in [1.82, 2.24) is 0 Å². The van der Waals surface area contributed by atoms with Gasteiger partial charge < -0.3 is 10.2 Å². The molecule has 1 atom stereocenters. The molecular formula is C20H32O3. The first-order valence-electron chi connectivity index (χ1n) is 8.70. The van der Waals surface area contributed by atoms with Gasteiger partial charge in [0.25, 0.3) is 0 Å². The van der Waals surface area contributed by atoms with Crippen LogP contribution in [0.5, 0.6) is 0 Å². The van der Waals surface area contributed by atoms with Gasteiger partial charge in [-0.05, 0) is 38.5 Å². The molecule has 0 radical (unpaired) electrons. The van der Waals surface area contributed by atoms with Crippen molar-refractivity contribution < 1.29 is 15.0 Å². The van der Waals surface area contributed by atoms with Crippen LogP contribution in [0.3, 0.4) is 0 Å². The maximum atomic E-state index is 10.3. The summed E-state index contributed by atoms with van der Waals surface area (Å²) in [6.07, 6.45) is 23.5. The topological polar surface area (TPSA) is 57.5 Å². The Bertz CT molecular complexity index is 392. The zero-order valence-electron chi connectivity index (χ0n) is 14.4. The summed E-state index contributed by atoms with van der Waals surface area (Å²) < 4.78 is 0. The maximum absolute atomic E-state index is 10.3. The van der Waals surface area contributed by atoms with Crippen molar-refractivity contribution in [3.8, 4) is 0 Å². The highest BCUT2D eigenvalue weighted by Gasteiger charge is 1.93. The fourth-order valence-electron chi connectivity index (χ4n) is 1.96. The predicted molar refractivity (Wildman–Crippen MR) is 97.4 cm³/mol. The molecule has 0 aromatic heterocycles. The van der Waals surface area contributed by atoms with Crippen molar-refractivity contribution >= 4 is 5.97 Å². The molecule has 0 bridgehead atoms. The monoisotopic (exact) mass is 320 g/mol. The summed E-state index contributed by atoms with van der Waals surface area (Å²) in [6, 6.07) is 0. The smallest absolute Gasteiger partial charge is 0.303 e. The minimum atomic E-state index is -0.738. The summed E-state index contributed by atoms with van der Waals surface area (Å²) in [6.45, 7) is 2.20. The van der Waals surface area contributed by atoms with Gasteiger partial charge in [0, 0.05) is 6.42 Å². The first kappa shape index (κ1) is 21.4. The standard InChI is InChI=1S/C20H32O3/c1-2-3-4-5-10-13-16-19(21)17-14-11-8-6-7-9-12-15-18-20(22)23/h7-11,13-14,17,19,21H,2-6,12,15-16,18H2,1H3,(H,22,23)/b9-7+,11-8-,13-10-,17-14-. The summed E-state index contributed by atoms with van der Waals surface area (Å²) in [7, 11) is 0. The molecule has 0 spiro atoms. The number of carboxylic acids is 1. The first-order valence-corrected chi connectivity index (χ1v) is 8.70. The van der Waals surface area contributed by atoms with Crippen molar-refractivity contribution in [2.24, 2.45) is 0 Å². The van der Waals surface area contributed by atoms with Crippen LogP contribution in [-0.2, 0) is 4.79 Å². The lowest BCUT2D eigenvalue weighted by Gasteiger charge is -1.99. The Labute approximate surface area is 141 Å². The van der Waals surface area contributed by atoms with E-state index in [0.29, 0.717) is 12.8 Å². The van der Waals surface area contributed by atoms with Crippen LogP contribution in [0, 0.1) is 0 Å². The van der Waals surface area contributed by atoms with Gasteiger partial charge in [-0.3, -0.25) is 4.79 Å². The highest BCUT2D eigenvalue weighted by Crippen LogP contribution is 2.02. The van der Waals surface area contributed by atoms with E-state index < -0.39 is 12.1 Å². The molecule has 0 aromatic carbocycles. The van der Waals surface area contributed by atoms with Gasteiger partial charge in [-0.15, -0.1) is 0 Å². The van der Waals surface area contributed by atoms with Crippen LogP contribution in [-0.4, -0.2) is 22.3 Å². The van der Waals surface area contributed by atoms with Crippen LogP contribution >= 0.6 is 0 Å². The first-order chi connectivity index (χ1) is 11.2. The summed E-state index contributed by atoms with van der Waals surface area (Å²) in [5.41, 5.74) is 0. The normalized spacial score (nSPS) is 13.8. The van der Waals surface area contributed by atoms with E-state index in [2.05, 4.69) is 13.0 Å². The Morgan fingerprint density at radius 2 is 1.70 bits per heavy atom. The second-order valence-corrected chi connectivity index (χ2v) is 5.58. The molecule has 0 aromatic rings. The molecule has 0 saturated heterocycles. The van der Waals surface area contributed by atoms with Crippen LogP contribution in [0.1, 0.15) is 64.7 Å². The average Bonchev–Trinajstić information content (AvgIpc) is 2.52. The Morgan fingerprint density at radius 1 is 0.957 bits per heavy atom. The van der Waals surface area contributed by atoms with E-state index >= 15 is 0 Å². The number of hydrogen-bond acceptors (Lipinski definition) is 2. The third kappa shape index (κ3) is 18.3. The molecule has 0 aliphatic rings. The van der Waals surface area contributed by atoms with Gasteiger partial charge >= 0.3 is 5.97 Å². The zero-order chi connectivity index (χ0) is 17.2. The molecule has 3 heteroatoms. The number of allylic oxidation sites excluding steroid dienone is 6. The lowest BCUT2D eigenvalue weighted by atomic mass is 10.1. The highest BCUT2D eigenvalue weighted by atomic mass is 16.4. The molecule has 2 N–H and O–H groups in total. The van der Waals surface area contributed by atoms with Crippen molar-refractivity contribution in [3.05, 3.63) is 48.6 Å². The van der Waals surface area contributed by atoms with Crippen molar-refractivity contribution in [2.45, 2.75) is 70.8 Å². The molecule has 0 fully saturated rings. The number of aliphatic hydroxyl groups excluding tert-OH is 1. The lowest BCUT2D eigenvalue weighted by Crippen LogP contribution is -1.98. The molecule has 130 valence electrons. The summed E-state index contributed by atoms with van der Waals surface area (Å²) in [4.78, 5) is 10.3. The number of unbranched alkanes of at least 4 members (excludes halogenated alkanes) is 4. The van der Waals surface area contributed by atoms with Crippen LogP contribution < -0.4 is 0 Å². The number of hydrogen-bond donors (Lipinski definition) is 2. The number of aliphatic carboxylic acids is 1. The van der Waals surface area contributed by atoms with E-state index in [1.807, 2.05) is 36.5 Å². The molecule has 3 nitrogen and oxygen atoms in total. The highest BCUT2D eigenvalue weighted by molar-refractivity contribution is 5.66. The minimum absolute atomic E-state index is 0.230. The zero-order valence-corrected chi connectivity index (χ0v) is 14.4. The van der Waals surface area contributed by atoms with E-state index in [-0.39, 0.29) is 6.42 Å². The van der Waals surface area contributed by atoms with Gasteiger partial charge in [-0.2, -0.15) is 0 Å². The second-order valence-electron chi connectivity index (χ2n) is 5.58. The molecule has 0 aliphatic heterocycles. The van der Waals surface area contributed by atoms with Crippen LogP contribution in [0.2, 0.25) is 0 Å². The molecule has 23 heavy (non-hydrogen) atoms. The number of rotatable bonds is 14. The lowest BCUT2D eigenvalue weighted by molar-refractivity contribution is -0.137. The number of carbonyl (C=O) groups is 1. The van der Waals surface area contributed by atoms with Crippen molar-refractivity contribution in [1.29, 1.82) is 0 Å². The quantitative estimate of drug-likeness (QED) is 0.263. The summed E-state index contributed by atoms with van der Waals surface area (Å²) in [5, 5.41) is 18.3. The third-order valence-electron chi connectivity index (χ3n) is 3.30. The van der Waals surface area contributed by atoms with Gasteiger partial charge in [0.05, 0.1) is 6.10 Å². The fraction of sp³-hybridized carbons (Fsp3) is 0.550. The molecule has 1 unspecified atom stereocenters. The van der Waals surface area contributed by atoms with E-state index in [4.69, 9.17) is 5.11 Å². The predicted octanol–water partition coefficient (Wildman–Crippen LogP) is 5.19. The van der Waals surface area contributed by atoms with Crippen LogP contribution in [0.15, 0.2) is 48.6 Å². The Balaban J connectivity index is 3.62. The fourth-order valence-corrected chi connectivity index (χ4v) is 1.96. The van der Waals surface area contributed by atoms with E-state index in [1.54, 1.807) is 6.08 Å². The Kier molecular flexibility index (Phi) is 15.6. The Morgan fingerprint density at radius 3 is 2.43 bits per heavy atom. The largest absolute Gasteiger partial charge is 0.481 e. The van der Waals surface area contributed by atoms with Gasteiger partial charge in [-0.25, -0.2) is 0 Å². The number of carboxylic acid groups (broad SMARTS) is 1. The van der Waals surface area contributed by atoms with Gasteiger partial charge in [0.1, 0.15) is 0 Å². The maximum Gasteiger partial charge on any atom is 0.303 e. The third-order valence-corrected chi connectivity index (χ3v) is 3.30. The van der Waals surface area contributed by atoms with Crippen molar-refractivity contribution in [3.63, 3.8) is 0 Å². The Hall–Kier alpha value is -1.61. The number of aliphatic hydroxyl groups is 1. The molecular weight excluding hydrogens is 288 g/mol. The van der Waals surface area contributed by atoms with Gasteiger partial charge in [0.2, 0.25) is 0 Å². The van der Waals surface area contributed by atoms with Gasteiger partial charge in [0.15, 0.2) is 0 Å². The van der Waals surface area contributed by atoms with Crippen LogP contribution in [0.4, 0.5) is 0 Å². The van der Waals surface area contributed by atoms with E-state index in [0.717, 1.165) is 19.3 Å². The van der Waals surface area contributed by atoms with Crippen molar-refractivity contribution in [2.75, 3.05) is 0 Å². The molecule has 0 heterocycles. The average molecular weight is 320 g/mol. The summed E-state index contributed by atoms with van der Waals surface area (Å²) in [5.74, 6) is -0.738. The van der Waals surface area contributed by atoms with E-state index in [1.165, 1.54) is 19.3 Å². The SMILES string of the molecule is CCCCC/C=C\CC(O)/C=C\C=C/C/C=C/CCCC(=O)O. The van der Waals surface area contributed by atoms with Gasteiger partial charge in [-0.1, -0.05) is 68.4 Å². The van der Waals surface area contributed by atoms with E-state index in [9.17, 15) is 9.90 Å². The molecule has 0 amide bonds. The minimum Gasteiger partial charge on any atom is -0.481 e. The second kappa shape index (κ2) is 16.8. The van der Waals surface area contributed by atoms with Crippen LogP contribution in [0.25, 0.3) is 0 Å².